The van der Waals surface area contributed by atoms with Gasteiger partial charge >= 0.3 is 6.03 Å². The van der Waals surface area contributed by atoms with Crippen LogP contribution in [0.3, 0.4) is 0 Å². The van der Waals surface area contributed by atoms with Crippen LogP contribution in [0.25, 0.3) is 0 Å². The molecule has 1 heterocycles. The standard InChI is InChI=1S/C15H26N2O2/c18-15(16-12-4-2-1-3-5-12)17(13-6-7-13)14-8-10-19-11-9-14/h12-14H,1-11H2,(H,16,18). The van der Waals surface area contributed by atoms with Crippen molar-refractivity contribution in [2.75, 3.05) is 13.2 Å². The first-order valence-corrected chi connectivity index (χ1v) is 8.01. The Balaban J connectivity index is 1.57. The van der Waals surface area contributed by atoms with Gasteiger partial charge in [-0.1, -0.05) is 19.3 Å². The first kappa shape index (κ1) is 13.2. The van der Waals surface area contributed by atoms with Gasteiger partial charge in [0.05, 0.1) is 0 Å². The summed E-state index contributed by atoms with van der Waals surface area (Å²) in [5.41, 5.74) is 0. The van der Waals surface area contributed by atoms with Gasteiger partial charge < -0.3 is 15.0 Å². The third kappa shape index (κ3) is 3.41. The molecular weight excluding hydrogens is 240 g/mol. The van der Waals surface area contributed by atoms with E-state index in [0.717, 1.165) is 38.9 Å². The van der Waals surface area contributed by atoms with Gasteiger partial charge in [-0.25, -0.2) is 4.79 Å². The van der Waals surface area contributed by atoms with Crippen molar-refractivity contribution in [2.45, 2.75) is 75.9 Å². The third-order valence-corrected chi connectivity index (χ3v) is 4.69. The number of hydrogen-bond acceptors (Lipinski definition) is 2. The van der Waals surface area contributed by atoms with Crippen LogP contribution < -0.4 is 5.32 Å². The quantitative estimate of drug-likeness (QED) is 0.853. The summed E-state index contributed by atoms with van der Waals surface area (Å²) in [6, 6.07) is 1.53. The Labute approximate surface area is 115 Å². The molecule has 2 aliphatic carbocycles. The molecule has 2 amide bonds. The van der Waals surface area contributed by atoms with E-state index in [1.165, 1.54) is 32.1 Å². The zero-order valence-corrected chi connectivity index (χ0v) is 11.8. The fourth-order valence-corrected chi connectivity index (χ4v) is 3.44. The van der Waals surface area contributed by atoms with Gasteiger partial charge in [-0.3, -0.25) is 0 Å². The van der Waals surface area contributed by atoms with Crippen molar-refractivity contribution in [3.8, 4) is 0 Å². The number of urea groups is 1. The Morgan fingerprint density at radius 1 is 0.895 bits per heavy atom. The van der Waals surface area contributed by atoms with Crippen molar-refractivity contribution in [1.29, 1.82) is 0 Å². The lowest BCUT2D eigenvalue weighted by Gasteiger charge is -2.36. The summed E-state index contributed by atoms with van der Waals surface area (Å²) in [7, 11) is 0. The fraction of sp³-hybridized carbons (Fsp3) is 0.933. The highest BCUT2D eigenvalue weighted by atomic mass is 16.5. The Morgan fingerprint density at radius 3 is 2.16 bits per heavy atom. The minimum atomic E-state index is 0.196. The van der Waals surface area contributed by atoms with Crippen molar-refractivity contribution < 1.29 is 9.53 Å². The highest BCUT2D eigenvalue weighted by molar-refractivity contribution is 5.75. The van der Waals surface area contributed by atoms with Gasteiger partial charge in [-0.15, -0.1) is 0 Å². The Bertz CT molecular complexity index is 305. The number of hydrogen-bond donors (Lipinski definition) is 1. The molecule has 0 aromatic heterocycles. The van der Waals surface area contributed by atoms with Crippen LogP contribution in [0.15, 0.2) is 0 Å². The molecule has 0 aromatic rings. The summed E-state index contributed by atoms with van der Waals surface area (Å²) in [6.07, 6.45) is 10.6. The molecule has 4 heteroatoms. The molecule has 2 saturated carbocycles. The van der Waals surface area contributed by atoms with E-state index in [0.29, 0.717) is 18.1 Å². The average Bonchev–Trinajstić information content (AvgIpc) is 3.26. The number of carbonyl (C=O) groups is 1. The fourth-order valence-electron chi connectivity index (χ4n) is 3.44. The molecule has 0 unspecified atom stereocenters. The zero-order valence-electron chi connectivity index (χ0n) is 11.8. The molecule has 0 radical (unpaired) electrons. The lowest BCUT2D eigenvalue weighted by atomic mass is 9.95. The molecule has 1 saturated heterocycles. The van der Waals surface area contributed by atoms with Crippen LogP contribution in [0.1, 0.15) is 57.8 Å². The van der Waals surface area contributed by atoms with Gasteiger partial charge in [0.25, 0.3) is 0 Å². The Hall–Kier alpha value is -0.770. The van der Waals surface area contributed by atoms with E-state index in [1.807, 2.05) is 0 Å². The molecule has 0 bridgehead atoms. The maximum atomic E-state index is 12.6. The predicted octanol–water partition coefficient (Wildman–Crippen LogP) is 2.67. The summed E-state index contributed by atoms with van der Waals surface area (Å²) in [6.45, 7) is 1.62. The summed E-state index contributed by atoms with van der Waals surface area (Å²) in [5.74, 6) is 0. The van der Waals surface area contributed by atoms with Crippen molar-refractivity contribution in [1.82, 2.24) is 10.2 Å². The minimum absolute atomic E-state index is 0.196. The molecule has 108 valence electrons. The topological polar surface area (TPSA) is 41.6 Å². The SMILES string of the molecule is O=C(NC1CCCCC1)N(C1CCOCC1)C1CC1. The number of amides is 2. The van der Waals surface area contributed by atoms with Crippen LogP contribution >= 0.6 is 0 Å². The molecule has 3 aliphatic rings. The van der Waals surface area contributed by atoms with E-state index in [9.17, 15) is 4.79 Å². The largest absolute Gasteiger partial charge is 0.381 e. The van der Waals surface area contributed by atoms with Gasteiger partial charge in [-0.05, 0) is 38.5 Å². The molecule has 0 atom stereocenters. The van der Waals surface area contributed by atoms with E-state index in [4.69, 9.17) is 4.74 Å². The summed E-state index contributed by atoms with van der Waals surface area (Å²) >= 11 is 0. The van der Waals surface area contributed by atoms with Crippen LogP contribution in [0.2, 0.25) is 0 Å². The van der Waals surface area contributed by atoms with Gasteiger partial charge in [0.1, 0.15) is 0 Å². The summed E-state index contributed by atoms with van der Waals surface area (Å²) < 4.78 is 5.42. The first-order chi connectivity index (χ1) is 9.34. The van der Waals surface area contributed by atoms with Crippen molar-refractivity contribution in [2.24, 2.45) is 0 Å². The van der Waals surface area contributed by atoms with Crippen LogP contribution in [0, 0.1) is 0 Å². The van der Waals surface area contributed by atoms with Crippen LogP contribution in [-0.4, -0.2) is 42.3 Å². The molecule has 3 rings (SSSR count). The van der Waals surface area contributed by atoms with E-state index < -0.39 is 0 Å². The van der Waals surface area contributed by atoms with E-state index in [-0.39, 0.29) is 6.03 Å². The van der Waals surface area contributed by atoms with Crippen molar-refractivity contribution in [3.63, 3.8) is 0 Å². The maximum Gasteiger partial charge on any atom is 0.318 e. The van der Waals surface area contributed by atoms with E-state index in [2.05, 4.69) is 10.2 Å². The van der Waals surface area contributed by atoms with Gasteiger partial charge in [0.2, 0.25) is 0 Å². The normalized spacial score (nSPS) is 26.1. The van der Waals surface area contributed by atoms with Crippen LogP contribution in [0.5, 0.6) is 0 Å². The molecule has 1 N–H and O–H groups in total. The number of nitrogens with one attached hydrogen (secondary N) is 1. The van der Waals surface area contributed by atoms with Gasteiger partial charge in [0, 0.05) is 31.3 Å². The predicted molar refractivity (Wildman–Crippen MR) is 74.1 cm³/mol. The lowest BCUT2D eigenvalue weighted by molar-refractivity contribution is 0.0429. The Kier molecular flexibility index (Phi) is 4.26. The second kappa shape index (κ2) is 6.12. The van der Waals surface area contributed by atoms with Crippen molar-refractivity contribution >= 4 is 6.03 Å². The summed E-state index contributed by atoms with van der Waals surface area (Å²) in [5, 5.41) is 3.28. The number of carbonyl (C=O) groups excluding carboxylic acids is 1. The van der Waals surface area contributed by atoms with Gasteiger partial charge in [0.15, 0.2) is 0 Å². The number of nitrogens with zero attached hydrogens (tertiary/aromatic N) is 1. The second-order valence-electron chi connectivity index (χ2n) is 6.27. The molecule has 1 aliphatic heterocycles. The maximum absolute atomic E-state index is 12.6. The van der Waals surface area contributed by atoms with Crippen molar-refractivity contribution in [3.05, 3.63) is 0 Å². The molecule has 4 nitrogen and oxygen atoms in total. The molecule has 3 fully saturated rings. The minimum Gasteiger partial charge on any atom is -0.381 e. The van der Waals surface area contributed by atoms with E-state index in [1.54, 1.807) is 0 Å². The number of ether oxygens (including phenoxy) is 1. The van der Waals surface area contributed by atoms with Crippen LogP contribution in [0.4, 0.5) is 4.79 Å². The zero-order chi connectivity index (χ0) is 13.1. The van der Waals surface area contributed by atoms with Gasteiger partial charge in [-0.2, -0.15) is 0 Å². The molecule has 0 spiro atoms. The molecule has 0 aromatic carbocycles. The average molecular weight is 266 g/mol. The van der Waals surface area contributed by atoms with E-state index >= 15 is 0 Å². The highest BCUT2D eigenvalue weighted by Crippen LogP contribution is 2.32. The Morgan fingerprint density at radius 2 is 1.53 bits per heavy atom. The molecule has 19 heavy (non-hydrogen) atoms. The summed E-state index contributed by atoms with van der Waals surface area (Å²) in [4.78, 5) is 14.7. The lowest BCUT2D eigenvalue weighted by Crippen LogP contribution is -2.52. The first-order valence-electron chi connectivity index (χ1n) is 8.01. The number of rotatable bonds is 3. The highest BCUT2D eigenvalue weighted by Gasteiger charge is 2.38. The second-order valence-corrected chi connectivity index (χ2v) is 6.27. The third-order valence-electron chi connectivity index (χ3n) is 4.69. The van der Waals surface area contributed by atoms with Crippen LogP contribution in [-0.2, 0) is 4.74 Å². The smallest absolute Gasteiger partial charge is 0.318 e. The molecular formula is C15H26N2O2. The monoisotopic (exact) mass is 266 g/mol.